The number of aryl methyl sites for hydroxylation is 1. The quantitative estimate of drug-likeness (QED) is 0.873. The average Bonchev–Trinajstić information content (AvgIpc) is 2.44. The van der Waals surface area contributed by atoms with Crippen LogP contribution < -0.4 is 5.73 Å². The Balaban J connectivity index is 1.86. The Morgan fingerprint density at radius 1 is 1.26 bits per heavy atom. The number of likely N-dealkylation sites (N-methyl/N-ethyl adjacent to an activating group) is 1. The molecule has 0 amide bonds. The molecule has 19 heavy (non-hydrogen) atoms. The molecule has 1 aliphatic heterocycles. The van der Waals surface area contributed by atoms with Crippen LogP contribution in [-0.4, -0.2) is 55.1 Å². The Morgan fingerprint density at radius 3 is 2.63 bits per heavy atom. The fourth-order valence-electron chi connectivity index (χ4n) is 2.84. The molecule has 1 aromatic carbocycles. The fourth-order valence-corrected chi connectivity index (χ4v) is 2.84. The van der Waals surface area contributed by atoms with Gasteiger partial charge in [-0.1, -0.05) is 30.3 Å². The van der Waals surface area contributed by atoms with Crippen LogP contribution in [0.25, 0.3) is 0 Å². The lowest BCUT2D eigenvalue weighted by atomic mass is 10.0. The Morgan fingerprint density at radius 2 is 2.00 bits per heavy atom. The van der Waals surface area contributed by atoms with Crippen LogP contribution in [0.2, 0.25) is 0 Å². The maximum Gasteiger partial charge on any atom is 0.0222 e. The van der Waals surface area contributed by atoms with Crippen LogP contribution in [-0.2, 0) is 6.42 Å². The third kappa shape index (κ3) is 4.03. The van der Waals surface area contributed by atoms with Gasteiger partial charge in [0.25, 0.3) is 0 Å². The minimum absolute atomic E-state index is 0.524. The van der Waals surface area contributed by atoms with E-state index in [1.807, 2.05) is 0 Å². The summed E-state index contributed by atoms with van der Waals surface area (Å²) in [6.07, 6.45) is 2.29. The van der Waals surface area contributed by atoms with Crippen LogP contribution in [0, 0.1) is 0 Å². The molecule has 0 saturated carbocycles. The average molecular weight is 261 g/mol. The van der Waals surface area contributed by atoms with Crippen molar-refractivity contribution in [1.29, 1.82) is 0 Å². The molecule has 2 N–H and O–H groups in total. The highest BCUT2D eigenvalue weighted by molar-refractivity contribution is 5.14. The first-order valence-electron chi connectivity index (χ1n) is 7.39. The second-order valence-corrected chi connectivity index (χ2v) is 5.74. The van der Waals surface area contributed by atoms with Crippen LogP contribution in [0.4, 0.5) is 0 Å². The number of rotatable bonds is 5. The summed E-state index contributed by atoms with van der Waals surface area (Å²) in [6, 6.07) is 11.9. The molecule has 0 aromatic heterocycles. The summed E-state index contributed by atoms with van der Waals surface area (Å²) in [7, 11) is 2.21. The normalized spacial score (nSPS) is 23.4. The van der Waals surface area contributed by atoms with Gasteiger partial charge < -0.3 is 10.6 Å². The zero-order valence-corrected chi connectivity index (χ0v) is 12.3. The standard InChI is InChI=1S/C16H27N3/c1-14-13-19(11-10-18(14)2)16(12-17)9-8-15-6-4-3-5-7-15/h3-7,14,16H,8-13,17H2,1-2H3. The third-order valence-electron chi connectivity index (χ3n) is 4.39. The van der Waals surface area contributed by atoms with Gasteiger partial charge in [-0.3, -0.25) is 4.90 Å². The maximum absolute atomic E-state index is 5.99. The van der Waals surface area contributed by atoms with Crippen molar-refractivity contribution < 1.29 is 0 Å². The van der Waals surface area contributed by atoms with Gasteiger partial charge in [0.1, 0.15) is 0 Å². The monoisotopic (exact) mass is 261 g/mol. The van der Waals surface area contributed by atoms with Gasteiger partial charge in [0.15, 0.2) is 0 Å². The summed E-state index contributed by atoms with van der Waals surface area (Å²) in [5.41, 5.74) is 7.41. The highest BCUT2D eigenvalue weighted by atomic mass is 15.3. The topological polar surface area (TPSA) is 32.5 Å². The lowest BCUT2D eigenvalue weighted by Crippen LogP contribution is -2.55. The number of hydrogen-bond acceptors (Lipinski definition) is 3. The Kier molecular flexibility index (Phi) is 5.37. The minimum atomic E-state index is 0.524. The van der Waals surface area contributed by atoms with Gasteiger partial charge in [0, 0.05) is 38.3 Å². The van der Waals surface area contributed by atoms with Crippen molar-refractivity contribution in [3.63, 3.8) is 0 Å². The molecule has 2 unspecified atom stereocenters. The van der Waals surface area contributed by atoms with Crippen molar-refractivity contribution in [2.75, 3.05) is 33.2 Å². The zero-order valence-electron chi connectivity index (χ0n) is 12.3. The summed E-state index contributed by atoms with van der Waals surface area (Å²) in [5.74, 6) is 0. The molecular weight excluding hydrogens is 234 g/mol. The van der Waals surface area contributed by atoms with E-state index in [9.17, 15) is 0 Å². The molecule has 2 rings (SSSR count). The molecule has 1 aliphatic rings. The van der Waals surface area contributed by atoms with E-state index in [0.29, 0.717) is 12.1 Å². The van der Waals surface area contributed by atoms with Crippen molar-refractivity contribution in [2.24, 2.45) is 5.73 Å². The van der Waals surface area contributed by atoms with Crippen LogP contribution in [0.1, 0.15) is 18.9 Å². The summed E-state index contributed by atoms with van der Waals surface area (Å²) >= 11 is 0. The molecule has 1 saturated heterocycles. The summed E-state index contributed by atoms with van der Waals surface area (Å²) in [4.78, 5) is 5.01. The minimum Gasteiger partial charge on any atom is -0.329 e. The summed E-state index contributed by atoms with van der Waals surface area (Å²) < 4.78 is 0. The predicted molar refractivity (Wildman–Crippen MR) is 81.3 cm³/mol. The van der Waals surface area contributed by atoms with E-state index in [2.05, 4.69) is 54.1 Å². The fraction of sp³-hybridized carbons (Fsp3) is 0.625. The lowest BCUT2D eigenvalue weighted by Gasteiger charge is -2.41. The first-order valence-corrected chi connectivity index (χ1v) is 7.39. The molecule has 106 valence electrons. The second kappa shape index (κ2) is 7.04. The SMILES string of the molecule is CC1CN(C(CN)CCc2ccccc2)CCN1C. The molecule has 0 spiro atoms. The van der Waals surface area contributed by atoms with Gasteiger partial charge in [0.05, 0.1) is 0 Å². The van der Waals surface area contributed by atoms with Crippen LogP contribution in [0.15, 0.2) is 30.3 Å². The van der Waals surface area contributed by atoms with Crippen LogP contribution in [0.5, 0.6) is 0 Å². The van der Waals surface area contributed by atoms with Gasteiger partial charge >= 0.3 is 0 Å². The van der Waals surface area contributed by atoms with Crippen molar-refractivity contribution >= 4 is 0 Å². The molecule has 1 heterocycles. The number of benzene rings is 1. The van der Waals surface area contributed by atoms with E-state index in [4.69, 9.17) is 5.73 Å². The first-order chi connectivity index (χ1) is 9.20. The predicted octanol–water partition coefficient (Wildman–Crippen LogP) is 1.58. The van der Waals surface area contributed by atoms with Gasteiger partial charge in [-0.05, 0) is 32.4 Å². The Labute approximate surface area is 117 Å². The highest BCUT2D eigenvalue weighted by Gasteiger charge is 2.25. The lowest BCUT2D eigenvalue weighted by molar-refractivity contribution is 0.0714. The van der Waals surface area contributed by atoms with Crippen LogP contribution >= 0.6 is 0 Å². The van der Waals surface area contributed by atoms with Crippen molar-refractivity contribution in [3.8, 4) is 0 Å². The highest BCUT2D eigenvalue weighted by Crippen LogP contribution is 2.14. The van der Waals surface area contributed by atoms with E-state index in [0.717, 1.165) is 39.0 Å². The third-order valence-corrected chi connectivity index (χ3v) is 4.39. The van der Waals surface area contributed by atoms with Crippen molar-refractivity contribution in [2.45, 2.75) is 31.8 Å². The summed E-state index contributed by atoms with van der Waals surface area (Å²) in [5, 5.41) is 0. The van der Waals surface area contributed by atoms with Crippen LogP contribution in [0.3, 0.4) is 0 Å². The number of piperazine rings is 1. The zero-order chi connectivity index (χ0) is 13.7. The molecule has 1 aromatic rings. The Bertz CT molecular complexity index is 366. The smallest absolute Gasteiger partial charge is 0.0222 e. The molecule has 0 aliphatic carbocycles. The number of hydrogen-bond donors (Lipinski definition) is 1. The number of nitrogens with zero attached hydrogens (tertiary/aromatic N) is 2. The van der Waals surface area contributed by atoms with Gasteiger partial charge in [0.2, 0.25) is 0 Å². The van der Waals surface area contributed by atoms with E-state index in [1.165, 1.54) is 5.56 Å². The van der Waals surface area contributed by atoms with E-state index in [1.54, 1.807) is 0 Å². The molecule has 3 heteroatoms. The van der Waals surface area contributed by atoms with Crippen molar-refractivity contribution in [1.82, 2.24) is 9.80 Å². The summed E-state index contributed by atoms with van der Waals surface area (Å²) in [6.45, 7) is 6.52. The molecular formula is C16H27N3. The molecule has 0 radical (unpaired) electrons. The molecule has 0 bridgehead atoms. The number of nitrogens with two attached hydrogens (primary N) is 1. The van der Waals surface area contributed by atoms with Crippen molar-refractivity contribution in [3.05, 3.63) is 35.9 Å². The van der Waals surface area contributed by atoms with Gasteiger partial charge in [-0.2, -0.15) is 0 Å². The van der Waals surface area contributed by atoms with E-state index >= 15 is 0 Å². The second-order valence-electron chi connectivity index (χ2n) is 5.74. The van der Waals surface area contributed by atoms with Gasteiger partial charge in [-0.25, -0.2) is 0 Å². The molecule has 2 atom stereocenters. The van der Waals surface area contributed by atoms with E-state index < -0.39 is 0 Å². The van der Waals surface area contributed by atoms with Gasteiger partial charge in [-0.15, -0.1) is 0 Å². The first kappa shape index (κ1) is 14.5. The van der Waals surface area contributed by atoms with E-state index in [-0.39, 0.29) is 0 Å². The largest absolute Gasteiger partial charge is 0.329 e. The molecule has 3 nitrogen and oxygen atoms in total. The maximum atomic E-state index is 5.99. The molecule has 1 fully saturated rings. The Hall–Kier alpha value is -0.900.